The van der Waals surface area contributed by atoms with Gasteiger partial charge in [-0.1, -0.05) is 28.6 Å². The number of ether oxygens (including phenoxy) is 2. The van der Waals surface area contributed by atoms with Gasteiger partial charge in [0.2, 0.25) is 0 Å². The van der Waals surface area contributed by atoms with E-state index in [-0.39, 0.29) is 5.91 Å². The average Bonchev–Trinajstić information content (AvgIpc) is 3.01. The predicted octanol–water partition coefficient (Wildman–Crippen LogP) is 4.61. The molecule has 6 nitrogen and oxygen atoms in total. The molecule has 0 fully saturated rings. The molecule has 148 valence electrons. The summed E-state index contributed by atoms with van der Waals surface area (Å²) in [6.07, 6.45) is 3.42. The summed E-state index contributed by atoms with van der Waals surface area (Å²) in [5.41, 5.74) is 2.76. The molecule has 0 N–H and O–H groups in total. The zero-order valence-corrected chi connectivity index (χ0v) is 17.6. The Balaban J connectivity index is 1.91. The number of carbonyl (C=O) groups is 2. The van der Waals surface area contributed by atoms with Crippen LogP contribution >= 0.6 is 15.9 Å². The van der Waals surface area contributed by atoms with Crippen LogP contribution in [-0.4, -0.2) is 31.3 Å². The first-order valence-electron chi connectivity index (χ1n) is 8.78. The maximum absolute atomic E-state index is 13.0. The highest BCUT2D eigenvalue weighted by Gasteiger charge is 2.29. The first-order valence-corrected chi connectivity index (χ1v) is 9.57. The minimum Gasteiger partial charge on any atom is -0.489 e. The number of methoxy groups -OCH3 is 1. The van der Waals surface area contributed by atoms with Crippen LogP contribution in [0.1, 0.15) is 22.8 Å². The summed E-state index contributed by atoms with van der Waals surface area (Å²) in [5.74, 6) is -0.0590. The van der Waals surface area contributed by atoms with Gasteiger partial charge in [-0.25, -0.2) is 4.79 Å². The van der Waals surface area contributed by atoms with Crippen LogP contribution in [0.2, 0.25) is 0 Å². The number of rotatable bonds is 6. The summed E-state index contributed by atoms with van der Waals surface area (Å²) in [6, 6.07) is 12.1. The highest BCUT2D eigenvalue weighted by atomic mass is 79.9. The van der Waals surface area contributed by atoms with Crippen LogP contribution < -0.4 is 9.75 Å². The molecule has 0 saturated carbocycles. The number of nitrogens with zero attached hydrogens (tertiary/aromatic N) is 2. The van der Waals surface area contributed by atoms with Gasteiger partial charge in [-0.2, -0.15) is 10.1 Å². The van der Waals surface area contributed by atoms with E-state index in [1.807, 2.05) is 18.2 Å². The summed E-state index contributed by atoms with van der Waals surface area (Å²) in [6.45, 7) is 5.79. The molecule has 29 heavy (non-hydrogen) atoms. The van der Waals surface area contributed by atoms with E-state index in [1.165, 1.54) is 12.1 Å². The molecule has 7 heteroatoms. The number of carbonyl (C=O) groups excluding carboxylic acids is 2. The third-order valence-corrected chi connectivity index (χ3v) is 4.72. The van der Waals surface area contributed by atoms with E-state index in [2.05, 4.69) is 27.6 Å². The van der Waals surface area contributed by atoms with Crippen LogP contribution in [0.25, 0.3) is 6.08 Å². The fourth-order valence-corrected chi connectivity index (χ4v) is 3.16. The van der Waals surface area contributed by atoms with Gasteiger partial charge in [-0.3, -0.25) is 4.79 Å². The Morgan fingerprint density at radius 2 is 1.97 bits per heavy atom. The number of esters is 1. The second-order valence-corrected chi connectivity index (χ2v) is 7.10. The summed E-state index contributed by atoms with van der Waals surface area (Å²) >= 11 is 3.45. The van der Waals surface area contributed by atoms with Crippen LogP contribution in [0.15, 0.2) is 70.3 Å². The molecule has 0 atom stereocenters. The van der Waals surface area contributed by atoms with Crippen molar-refractivity contribution in [2.24, 2.45) is 5.10 Å². The van der Waals surface area contributed by atoms with Crippen LogP contribution in [0.3, 0.4) is 0 Å². The van der Waals surface area contributed by atoms with Crippen LogP contribution in [0.5, 0.6) is 5.75 Å². The van der Waals surface area contributed by atoms with Crippen molar-refractivity contribution in [3.8, 4) is 5.75 Å². The summed E-state index contributed by atoms with van der Waals surface area (Å²) < 4.78 is 11.2. The Kier molecular flexibility index (Phi) is 6.29. The molecule has 2 aromatic rings. The smallest absolute Gasteiger partial charge is 0.337 e. The number of anilines is 1. The number of halogens is 1. The van der Waals surface area contributed by atoms with Crippen molar-refractivity contribution in [1.82, 2.24) is 0 Å². The lowest BCUT2D eigenvalue weighted by Crippen LogP contribution is -2.21. The monoisotopic (exact) mass is 454 g/mol. The van der Waals surface area contributed by atoms with Crippen molar-refractivity contribution in [2.75, 3.05) is 18.7 Å². The lowest BCUT2D eigenvalue weighted by Gasteiger charge is -2.12. The van der Waals surface area contributed by atoms with Crippen molar-refractivity contribution in [1.29, 1.82) is 0 Å². The van der Waals surface area contributed by atoms with Gasteiger partial charge in [0.15, 0.2) is 0 Å². The first-order chi connectivity index (χ1) is 13.9. The molecule has 1 aliphatic rings. The second kappa shape index (κ2) is 8.87. The molecule has 0 aromatic heterocycles. The van der Waals surface area contributed by atoms with E-state index in [0.29, 0.717) is 34.9 Å². The van der Waals surface area contributed by atoms with Gasteiger partial charge in [0, 0.05) is 10.0 Å². The highest BCUT2D eigenvalue weighted by Crippen LogP contribution is 2.29. The van der Waals surface area contributed by atoms with Crippen LogP contribution in [-0.2, 0) is 9.53 Å². The molecule has 1 amide bonds. The molecule has 0 saturated heterocycles. The van der Waals surface area contributed by atoms with E-state index < -0.39 is 5.97 Å². The zero-order valence-electron chi connectivity index (χ0n) is 16.0. The lowest BCUT2D eigenvalue weighted by atomic mass is 10.1. The van der Waals surface area contributed by atoms with Gasteiger partial charge in [0.05, 0.1) is 29.6 Å². The van der Waals surface area contributed by atoms with E-state index in [4.69, 9.17) is 9.47 Å². The van der Waals surface area contributed by atoms with E-state index >= 15 is 0 Å². The van der Waals surface area contributed by atoms with Gasteiger partial charge in [0.25, 0.3) is 5.91 Å². The number of hydrazone groups is 1. The van der Waals surface area contributed by atoms with Crippen LogP contribution in [0, 0.1) is 0 Å². The minimum absolute atomic E-state index is 0.261. The third-order valence-electron chi connectivity index (χ3n) is 4.22. The molecular formula is C22H19BrN2O4. The molecular weight excluding hydrogens is 436 g/mol. The SMILES string of the molecule is C=CCOc1ccc(Br)cc1/C=C1/C(=O)N(c2ccc(C(=O)OC)cc2)N=C1C. The lowest BCUT2D eigenvalue weighted by molar-refractivity contribution is -0.114. The van der Waals surface area contributed by atoms with Crippen molar-refractivity contribution in [2.45, 2.75) is 6.92 Å². The molecule has 0 unspecified atom stereocenters. The normalized spacial score (nSPS) is 14.7. The Bertz CT molecular complexity index is 1030. The van der Waals surface area contributed by atoms with Gasteiger partial charge >= 0.3 is 5.97 Å². The molecule has 3 rings (SSSR count). The summed E-state index contributed by atoms with van der Waals surface area (Å²) in [7, 11) is 1.32. The number of hydrogen-bond donors (Lipinski definition) is 0. The van der Waals surface area contributed by atoms with Crippen molar-refractivity contribution >= 4 is 45.3 Å². The summed E-state index contributed by atoms with van der Waals surface area (Å²) in [4.78, 5) is 24.6. The zero-order chi connectivity index (χ0) is 21.0. The van der Waals surface area contributed by atoms with Gasteiger partial charge < -0.3 is 9.47 Å². The van der Waals surface area contributed by atoms with E-state index in [0.717, 1.165) is 10.0 Å². The Hall–Kier alpha value is -3.19. The third kappa shape index (κ3) is 4.46. The van der Waals surface area contributed by atoms with Crippen molar-refractivity contribution < 1.29 is 19.1 Å². The Morgan fingerprint density at radius 3 is 2.62 bits per heavy atom. The molecule has 1 heterocycles. The Labute approximate surface area is 177 Å². The van der Waals surface area contributed by atoms with Crippen molar-refractivity contribution in [3.63, 3.8) is 0 Å². The fraction of sp³-hybridized carbons (Fsp3) is 0.136. The largest absolute Gasteiger partial charge is 0.489 e. The summed E-state index contributed by atoms with van der Waals surface area (Å²) in [5, 5.41) is 5.68. The van der Waals surface area contributed by atoms with Gasteiger partial charge in [0.1, 0.15) is 12.4 Å². The van der Waals surface area contributed by atoms with E-state index in [9.17, 15) is 9.59 Å². The standard InChI is InChI=1S/C22H19BrN2O4/c1-4-11-29-20-10-7-17(23)12-16(20)13-19-14(2)24-25(21(19)26)18-8-5-15(6-9-18)22(27)28-3/h4-10,12-13H,1,11H2,2-3H3/b19-13+. The number of benzene rings is 2. The molecule has 0 spiro atoms. The fourth-order valence-electron chi connectivity index (χ4n) is 2.78. The maximum atomic E-state index is 13.0. The highest BCUT2D eigenvalue weighted by molar-refractivity contribution is 9.10. The quantitative estimate of drug-likeness (QED) is 0.363. The molecule has 0 aliphatic carbocycles. The first kappa shape index (κ1) is 20.5. The molecule has 0 bridgehead atoms. The second-order valence-electron chi connectivity index (χ2n) is 6.18. The number of amides is 1. The average molecular weight is 455 g/mol. The Morgan fingerprint density at radius 1 is 1.24 bits per heavy atom. The number of hydrogen-bond acceptors (Lipinski definition) is 5. The van der Waals surface area contributed by atoms with Gasteiger partial charge in [-0.05, 0) is 55.5 Å². The molecule has 2 aromatic carbocycles. The van der Waals surface area contributed by atoms with Crippen LogP contribution in [0.4, 0.5) is 5.69 Å². The van der Waals surface area contributed by atoms with E-state index in [1.54, 1.807) is 43.3 Å². The molecule has 0 radical (unpaired) electrons. The van der Waals surface area contributed by atoms with Gasteiger partial charge in [-0.15, -0.1) is 0 Å². The molecule has 1 aliphatic heterocycles. The minimum atomic E-state index is -0.439. The topological polar surface area (TPSA) is 68.2 Å². The predicted molar refractivity (Wildman–Crippen MR) is 116 cm³/mol. The maximum Gasteiger partial charge on any atom is 0.337 e. The van der Waals surface area contributed by atoms with Crippen molar-refractivity contribution in [3.05, 3.63) is 76.3 Å².